The van der Waals surface area contributed by atoms with Gasteiger partial charge in [0.25, 0.3) is 0 Å². The van der Waals surface area contributed by atoms with Crippen LogP contribution in [0.2, 0.25) is 0 Å². The molecule has 1 amide bonds. The maximum absolute atomic E-state index is 12.1. The minimum atomic E-state index is -0.128. The van der Waals surface area contributed by atoms with Crippen molar-refractivity contribution in [1.29, 1.82) is 0 Å². The number of carbonyl (C=O) groups excluding carboxylic acids is 1. The molecular formula is C19H27N3O2. The maximum Gasteiger partial charge on any atom is 0.239 e. The van der Waals surface area contributed by atoms with Crippen molar-refractivity contribution in [2.75, 3.05) is 11.9 Å². The highest BCUT2D eigenvalue weighted by molar-refractivity contribution is 5.91. The number of aromatic nitrogens is 1. The largest absolute Gasteiger partial charge is 0.360 e. The van der Waals surface area contributed by atoms with E-state index in [0.29, 0.717) is 17.5 Å². The summed E-state index contributed by atoms with van der Waals surface area (Å²) >= 11 is 0. The van der Waals surface area contributed by atoms with Gasteiger partial charge in [-0.25, -0.2) is 0 Å². The van der Waals surface area contributed by atoms with Crippen molar-refractivity contribution in [3.8, 4) is 0 Å². The first-order valence-electron chi connectivity index (χ1n) is 8.55. The van der Waals surface area contributed by atoms with Gasteiger partial charge in [0.1, 0.15) is 5.76 Å². The molecule has 1 aromatic carbocycles. The Kier molecular flexibility index (Phi) is 6.55. The minimum absolute atomic E-state index is 0.128. The van der Waals surface area contributed by atoms with Crippen molar-refractivity contribution < 1.29 is 9.32 Å². The van der Waals surface area contributed by atoms with Gasteiger partial charge in [0.05, 0.1) is 6.54 Å². The molecule has 0 unspecified atom stereocenters. The summed E-state index contributed by atoms with van der Waals surface area (Å²) in [6.07, 6.45) is 2.24. The molecule has 2 N–H and O–H groups in total. The van der Waals surface area contributed by atoms with Crippen LogP contribution in [0.3, 0.4) is 0 Å². The molecule has 5 heteroatoms. The number of hydrogen-bond donors (Lipinski definition) is 2. The number of aryl methyl sites for hydroxylation is 2. The number of amides is 1. The Balaban J connectivity index is 1.94. The van der Waals surface area contributed by atoms with Gasteiger partial charge in [-0.05, 0) is 30.4 Å². The van der Waals surface area contributed by atoms with Crippen LogP contribution in [-0.2, 0) is 11.2 Å². The number of benzene rings is 1. The van der Waals surface area contributed by atoms with Crippen molar-refractivity contribution in [1.82, 2.24) is 10.5 Å². The van der Waals surface area contributed by atoms with Gasteiger partial charge in [-0.2, -0.15) is 0 Å². The lowest BCUT2D eigenvalue weighted by atomic mass is 9.94. The second-order valence-electron chi connectivity index (χ2n) is 6.47. The van der Waals surface area contributed by atoms with E-state index in [0.717, 1.165) is 12.8 Å². The molecule has 0 saturated heterocycles. The summed E-state index contributed by atoms with van der Waals surface area (Å²) in [6.45, 7) is 8.50. The Hall–Kier alpha value is -2.14. The van der Waals surface area contributed by atoms with Gasteiger partial charge in [0, 0.05) is 12.1 Å². The van der Waals surface area contributed by atoms with Gasteiger partial charge in [-0.1, -0.05) is 56.6 Å². The highest BCUT2D eigenvalue weighted by Gasteiger charge is 2.17. The Morgan fingerprint density at radius 2 is 1.96 bits per heavy atom. The molecule has 0 spiro atoms. The molecule has 2 aromatic rings. The fourth-order valence-corrected chi connectivity index (χ4v) is 2.73. The minimum Gasteiger partial charge on any atom is -0.360 e. The molecule has 0 fully saturated rings. The molecule has 1 aromatic heterocycles. The Bertz CT molecular complexity index is 647. The van der Waals surface area contributed by atoms with E-state index in [4.69, 9.17) is 4.52 Å². The van der Waals surface area contributed by atoms with Crippen LogP contribution in [0.15, 0.2) is 34.9 Å². The van der Waals surface area contributed by atoms with Crippen LogP contribution in [0.4, 0.5) is 5.82 Å². The van der Waals surface area contributed by atoms with E-state index >= 15 is 0 Å². The molecule has 0 aliphatic rings. The zero-order valence-corrected chi connectivity index (χ0v) is 14.9. The molecular weight excluding hydrogens is 302 g/mol. The number of carbonyl (C=O) groups is 1. The van der Waals surface area contributed by atoms with E-state index in [1.165, 1.54) is 11.1 Å². The van der Waals surface area contributed by atoms with Crippen LogP contribution in [0.25, 0.3) is 0 Å². The predicted octanol–water partition coefficient (Wildman–Crippen LogP) is 3.86. The highest BCUT2D eigenvalue weighted by Crippen LogP contribution is 2.22. The number of nitrogens with one attached hydrogen (secondary N) is 2. The lowest BCUT2D eigenvalue weighted by Crippen LogP contribution is -2.33. The molecule has 0 saturated carbocycles. The molecule has 130 valence electrons. The van der Waals surface area contributed by atoms with Gasteiger partial charge < -0.3 is 15.2 Å². The van der Waals surface area contributed by atoms with Crippen molar-refractivity contribution in [2.24, 2.45) is 5.92 Å². The number of anilines is 1. The Morgan fingerprint density at radius 3 is 2.50 bits per heavy atom. The second-order valence-corrected chi connectivity index (χ2v) is 6.47. The standard InChI is InChI=1S/C19H27N3O2/c1-5-6-15-7-9-16(10-8-15)19(13(2)3)20-12-18(23)21-17-11-14(4)24-22-17/h7-11,13,19-20H,5-6,12H2,1-4H3,(H,21,22,23)/t19-/m0/s1. The summed E-state index contributed by atoms with van der Waals surface area (Å²) < 4.78 is 4.94. The monoisotopic (exact) mass is 329 g/mol. The molecule has 0 radical (unpaired) electrons. The summed E-state index contributed by atoms with van der Waals surface area (Å²) in [4.78, 5) is 12.1. The lowest BCUT2D eigenvalue weighted by Gasteiger charge is -2.23. The lowest BCUT2D eigenvalue weighted by molar-refractivity contribution is -0.115. The van der Waals surface area contributed by atoms with Gasteiger partial charge in [0.2, 0.25) is 5.91 Å². The van der Waals surface area contributed by atoms with Crippen molar-refractivity contribution in [3.63, 3.8) is 0 Å². The van der Waals surface area contributed by atoms with Crippen LogP contribution in [0.5, 0.6) is 0 Å². The van der Waals surface area contributed by atoms with Crippen LogP contribution in [0.1, 0.15) is 50.1 Å². The van der Waals surface area contributed by atoms with Crippen LogP contribution in [-0.4, -0.2) is 17.6 Å². The molecule has 0 bridgehead atoms. The summed E-state index contributed by atoms with van der Waals surface area (Å²) in [5, 5.41) is 9.84. The van der Waals surface area contributed by atoms with Crippen LogP contribution >= 0.6 is 0 Å². The van der Waals surface area contributed by atoms with E-state index < -0.39 is 0 Å². The van der Waals surface area contributed by atoms with E-state index in [1.54, 1.807) is 13.0 Å². The molecule has 2 rings (SSSR count). The molecule has 5 nitrogen and oxygen atoms in total. The first-order chi connectivity index (χ1) is 11.5. The number of nitrogens with zero attached hydrogens (tertiary/aromatic N) is 1. The van der Waals surface area contributed by atoms with E-state index in [2.05, 4.69) is 60.8 Å². The summed E-state index contributed by atoms with van der Waals surface area (Å²) in [6, 6.07) is 10.5. The van der Waals surface area contributed by atoms with E-state index in [-0.39, 0.29) is 18.5 Å². The van der Waals surface area contributed by atoms with Gasteiger partial charge in [0.15, 0.2) is 5.82 Å². The molecule has 1 heterocycles. The van der Waals surface area contributed by atoms with Crippen molar-refractivity contribution in [2.45, 2.75) is 46.6 Å². The zero-order chi connectivity index (χ0) is 17.5. The number of hydrogen-bond acceptors (Lipinski definition) is 4. The first kappa shape index (κ1) is 18.2. The quantitative estimate of drug-likeness (QED) is 0.772. The molecule has 24 heavy (non-hydrogen) atoms. The smallest absolute Gasteiger partial charge is 0.239 e. The summed E-state index contributed by atoms with van der Waals surface area (Å²) in [5.74, 6) is 1.37. The Morgan fingerprint density at radius 1 is 1.25 bits per heavy atom. The van der Waals surface area contributed by atoms with Gasteiger partial charge in [-0.3, -0.25) is 4.79 Å². The average molecular weight is 329 g/mol. The topological polar surface area (TPSA) is 67.2 Å². The van der Waals surface area contributed by atoms with Gasteiger partial charge in [-0.15, -0.1) is 0 Å². The summed E-state index contributed by atoms with van der Waals surface area (Å²) in [7, 11) is 0. The maximum atomic E-state index is 12.1. The normalized spacial score (nSPS) is 12.4. The average Bonchev–Trinajstić information content (AvgIpc) is 2.94. The van der Waals surface area contributed by atoms with Crippen LogP contribution in [0, 0.1) is 12.8 Å². The highest BCUT2D eigenvalue weighted by atomic mass is 16.5. The summed E-state index contributed by atoms with van der Waals surface area (Å²) in [5.41, 5.74) is 2.55. The zero-order valence-electron chi connectivity index (χ0n) is 14.9. The third kappa shape index (κ3) is 5.20. The van der Waals surface area contributed by atoms with Crippen molar-refractivity contribution >= 4 is 11.7 Å². The molecule has 0 aliphatic carbocycles. The predicted molar refractivity (Wildman–Crippen MR) is 95.9 cm³/mol. The molecule has 1 atom stereocenters. The van der Waals surface area contributed by atoms with Crippen molar-refractivity contribution in [3.05, 3.63) is 47.2 Å². The fourth-order valence-electron chi connectivity index (χ4n) is 2.73. The SMILES string of the molecule is CCCc1ccc([C@@H](NCC(=O)Nc2cc(C)on2)C(C)C)cc1. The van der Waals surface area contributed by atoms with E-state index in [1.807, 2.05) is 0 Å². The van der Waals surface area contributed by atoms with Gasteiger partial charge >= 0.3 is 0 Å². The first-order valence-corrected chi connectivity index (χ1v) is 8.55. The number of rotatable bonds is 8. The fraction of sp³-hybridized carbons (Fsp3) is 0.474. The third-order valence-electron chi connectivity index (χ3n) is 3.92. The molecule has 0 aliphatic heterocycles. The van der Waals surface area contributed by atoms with Crippen LogP contribution < -0.4 is 10.6 Å². The second kappa shape index (κ2) is 8.64. The Labute approximate surface area is 143 Å². The third-order valence-corrected chi connectivity index (χ3v) is 3.92. The van der Waals surface area contributed by atoms with E-state index in [9.17, 15) is 4.79 Å².